The van der Waals surface area contributed by atoms with Gasteiger partial charge in [-0.25, -0.2) is 19.6 Å². The molecule has 372 valence electrons. The van der Waals surface area contributed by atoms with Crippen molar-refractivity contribution >= 4 is 55.8 Å². The van der Waals surface area contributed by atoms with Gasteiger partial charge in [-0.1, -0.05) is 65.2 Å². The number of pyridine rings is 4. The number of cyclic esters (lactones) is 2. The van der Waals surface area contributed by atoms with Gasteiger partial charge in [-0.3, -0.25) is 19.0 Å². The molecule has 4 aromatic heterocycles. The van der Waals surface area contributed by atoms with Crippen LogP contribution < -0.4 is 21.6 Å². The number of phenols is 1. The molecule has 0 saturated carbocycles. The van der Waals surface area contributed by atoms with Gasteiger partial charge in [0.1, 0.15) is 24.7 Å². The van der Waals surface area contributed by atoms with Gasteiger partial charge in [0.05, 0.1) is 51.5 Å². The summed E-state index contributed by atoms with van der Waals surface area (Å²) in [5.41, 5.74) is 8.49. The van der Waals surface area contributed by atoms with Crippen molar-refractivity contribution in [2.75, 3.05) is 6.61 Å². The van der Waals surface area contributed by atoms with E-state index < -0.39 is 57.0 Å². The lowest BCUT2D eigenvalue weighted by Gasteiger charge is -2.31. The minimum atomic E-state index is -1.96. The number of aromatic nitrogens is 4. The lowest BCUT2D eigenvalue weighted by atomic mass is 9.86. The van der Waals surface area contributed by atoms with Crippen molar-refractivity contribution in [1.82, 2.24) is 19.1 Å². The monoisotopic (exact) mass is 1000 g/mol. The molecule has 6 N–H and O–H groups in total. The molecule has 4 aliphatic rings. The van der Waals surface area contributed by atoms with Crippen molar-refractivity contribution in [2.45, 2.75) is 128 Å². The zero-order valence-corrected chi connectivity index (χ0v) is 43.2. The van der Waals surface area contributed by atoms with Crippen LogP contribution in [0.4, 0.5) is 0 Å². The molecule has 1 unspecified atom stereocenters. The summed E-state index contributed by atoms with van der Waals surface area (Å²) in [5.74, 6) is -1.50. The third-order valence-corrected chi connectivity index (χ3v) is 17.8. The van der Waals surface area contributed by atoms with Crippen molar-refractivity contribution in [3.05, 3.63) is 114 Å². The van der Waals surface area contributed by atoms with Crippen LogP contribution >= 0.6 is 0 Å². The van der Waals surface area contributed by atoms with Crippen molar-refractivity contribution in [3.8, 4) is 34.3 Å². The molecule has 0 fully saturated rings. The first kappa shape index (κ1) is 49.5. The number of nitrogens with two attached hydrogens (primary N) is 1. The summed E-state index contributed by atoms with van der Waals surface area (Å²) in [7, 11) is -2.88. The van der Waals surface area contributed by atoms with Crippen LogP contribution in [0.5, 0.6) is 11.5 Å². The fourth-order valence-corrected chi connectivity index (χ4v) is 12.2. The molecule has 0 radical (unpaired) electrons. The van der Waals surface area contributed by atoms with Crippen LogP contribution in [0.3, 0.4) is 0 Å². The summed E-state index contributed by atoms with van der Waals surface area (Å²) >= 11 is 0. The number of aliphatic hydroxyl groups is 3. The number of primary amides is 1. The Hall–Kier alpha value is -6.52. The summed E-state index contributed by atoms with van der Waals surface area (Å²) in [5, 5.41) is 45.6. The second-order valence-corrected chi connectivity index (χ2v) is 32.6. The van der Waals surface area contributed by atoms with Gasteiger partial charge in [0.25, 0.3) is 17.0 Å². The fraction of sp³-hybridized carbons (Fsp3) is 0.404. The van der Waals surface area contributed by atoms with E-state index in [4.69, 9.17) is 29.9 Å². The predicted octanol–water partition coefficient (Wildman–Crippen LogP) is 5.98. The van der Waals surface area contributed by atoms with E-state index in [0.29, 0.717) is 63.7 Å². The second-order valence-electron chi connectivity index (χ2n) is 21.4. The number of aromatic hydroxyl groups is 1. The number of carbonyl (C=O) groups excluding carboxylic acids is 3. The first-order valence-electron chi connectivity index (χ1n) is 23.9. The van der Waals surface area contributed by atoms with Crippen molar-refractivity contribution in [1.29, 1.82) is 0 Å². The van der Waals surface area contributed by atoms with Gasteiger partial charge in [-0.2, -0.15) is 0 Å². The number of rotatable bonds is 11. The number of fused-ring (bicyclic) bond motifs is 10. The van der Waals surface area contributed by atoms with E-state index in [0.717, 1.165) is 51.5 Å². The Bertz CT molecular complexity index is 3390. The smallest absolute Gasteiger partial charge is 0.343 e. The number of phenolic OH excluding ortho intramolecular Hbond substituents is 1. The van der Waals surface area contributed by atoms with Crippen LogP contribution in [-0.4, -0.2) is 80.1 Å². The first-order chi connectivity index (χ1) is 33.4. The normalized spacial score (nSPS) is 19.7. The summed E-state index contributed by atoms with van der Waals surface area (Å²) in [6.07, 6.45) is 0.298. The largest absolute Gasteiger partial charge is 0.508 e. The molecule has 0 saturated heterocycles. The number of hydrogen-bond donors (Lipinski definition) is 5. The summed E-state index contributed by atoms with van der Waals surface area (Å²) in [4.78, 5) is 72.9. The molecule has 1 amide bonds. The Morgan fingerprint density at radius 2 is 1.28 bits per heavy atom. The van der Waals surface area contributed by atoms with E-state index >= 15 is 0 Å². The number of ether oxygens (including phenoxy) is 3. The number of aliphatic hydroxyl groups excluding tert-OH is 1. The van der Waals surface area contributed by atoms with E-state index in [1.807, 2.05) is 0 Å². The highest BCUT2D eigenvalue weighted by Gasteiger charge is 2.48. The maximum absolute atomic E-state index is 13.6. The lowest BCUT2D eigenvalue weighted by Crippen LogP contribution is -2.44. The molecule has 2 aromatic carbocycles. The van der Waals surface area contributed by atoms with Crippen molar-refractivity contribution in [3.63, 3.8) is 0 Å². The van der Waals surface area contributed by atoms with Gasteiger partial charge in [0, 0.05) is 49.2 Å². The minimum absolute atomic E-state index is 0.0256. The minimum Gasteiger partial charge on any atom is -0.508 e. The standard InChI is InChI=1S/C27H31N3O7Si.C25H28N2O5Si/c1-5-27(35)18-11-20-23-22(25(33)30(20)24(32)17(18)12-37-26(27)34)15(8-9-38(2,3)4)16-10-14(36-13-21(28)31)6-7-19(16)29-23;1-5-25(31)19-11-21-22-17(12-27(21)23(29)18(19)13-32-24(25)30)15(8-9-33(2,3)4)16-10-14(28)6-7-20(16)26-22/h6-7,10-11,25,33,35H,5,8-9,12-13H2,1-4H3,(H2,28,31);6-7,10-11,28,31H,5,8-9,12-13H2,1-4H3/t25?,27-;25-/m00/s1. The molecule has 17 nitrogen and oxygen atoms in total. The zero-order valence-electron chi connectivity index (χ0n) is 41.2. The quantitative estimate of drug-likeness (QED) is 0.0739. The lowest BCUT2D eigenvalue weighted by molar-refractivity contribution is -0.172. The Morgan fingerprint density at radius 3 is 1.86 bits per heavy atom. The van der Waals surface area contributed by atoms with Gasteiger partial charge in [-0.15, -0.1) is 0 Å². The first-order valence-corrected chi connectivity index (χ1v) is 31.4. The number of hydrogen-bond acceptors (Lipinski definition) is 14. The van der Waals surface area contributed by atoms with Crippen LogP contribution in [0.2, 0.25) is 51.4 Å². The summed E-state index contributed by atoms with van der Waals surface area (Å²) < 4.78 is 18.8. The van der Waals surface area contributed by atoms with Crippen LogP contribution in [0, 0.1) is 0 Å². The molecule has 0 spiro atoms. The maximum atomic E-state index is 13.6. The Kier molecular flexibility index (Phi) is 12.3. The summed E-state index contributed by atoms with van der Waals surface area (Å²) in [6.45, 7) is 16.7. The fourth-order valence-electron chi connectivity index (χ4n) is 10.2. The Balaban J connectivity index is 0.000000177. The number of carbonyl (C=O) groups is 3. The average molecular weight is 1000 g/mol. The van der Waals surface area contributed by atoms with Crippen LogP contribution in [-0.2, 0) is 67.7 Å². The maximum Gasteiger partial charge on any atom is 0.343 e. The number of benzene rings is 2. The molecule has 8 heterocycles. The van der Waals surface area contributed by atoms with Gasteiger partial charge in [0.2, 0.25) is 0 Å². The predicted molar refractivity (Wildman–Crippen MR) is 270 cm³/mol. The zero-order chi connectivity index (χ0) is 51.3. The van der Waals surface area contributed by atoms with Gasteiger partial charge >= 0.3 is 11.9 Å². The second kappa shape index (κ2) is 17.7. The third-order valence-electron chi connectivity index (χ3n) is 14.3. The van der Waals surface area contributed by atoms with Crippen LogP contribution in [0.15, 0.2) is 58.1 Å². The Labute approximate surface area is 410 Å². The molecule has 6 aromatic rings. The number of nitrogens with zero attached hydrogens (tertiary/aromatic N) is 4. The molecule has 0 aliphatic carbocycles. The average Bonchev–Trinajstić information content (AvgIpc) is 3.82. The highest BCUT2D eigenvalue weighted by atomic mass is 28.3. The number of amides is 1. The topological polar surface area (TPSA) is 256 Å². The molecule has 4 aliphatic heterocycles. The van der Waals surface area contributed by atoms with Gasteiger partial charge < -0.3 is 44.9 Å². The highest BCUT2D eigenvalue weighted by molar-refractivity contribution is 6.76. The molecular formula is C52H59N5O12Si2. The van der Waals surface area contributed by atoms with Gasteiger partial charge in [0.15, 0.2) is 24.0 Å². The van der Waals surface area contributed by atoms with Gasteiger partial charge in [-0.05, 0) is 85.3 Å². The summed E-state index contributed by atoms with van der Waals surface area (Å²) in [6, 6.07) is 15.7. The molecule has 0 bridgehead atoms. The molecule has 10 rings (SSSR count). The molecular weight excluding hydrogens is 943 g/mol. The number of esters is 2. The van der Waals surface area contributed by atoms with E-state index in [-0.39, 0.29) is 55.1 Å². The molecule has 3 atom stereocenters. The molecule has 71 heavy (non-hydrogen) atoms. The van der Waals surface area contributed by atoms with Crippen molar-refractivity contribution < 1.29 is 49.0 Å². The molecule has 19 heteroatoms. The van der Waals surface area contributed by atoms with E-state index in [1.165, 1.54) is 4.57 Å². The SMILES string of the molecule is CC[C@@]1(O)C(=O)OCc2c1cc1n(c2=O)C(O)c2c-1nc1ccc(OCC(N)=O)cc1c2CC[Si](C)(C)C.CC[C@@]1(O)C(=O)OCc2c1cc1n(c2=O)Cc2c-1nc1ccc(O)cc1c2CC[Si](C)(C)C. The third kappa shape index (κ3) is 8.45. The van der Waals surface area contributed by atoms with E-state index in [1.54, 1.807) is 66.9 Å². The van der Waals surface area contributed by atoms with Crippen molar-refractivity contribution in [2.24, 2.45) is 5.73 Å². The number of aryl methyl sites for hydroxylation is 2. The Morgan fingerprint density at radius 1 is 0.746 bits per heavy atom. The van der Waals surface area contributed by atoms with Crippen LogP contribution in [0.1, 0.15) is 77.4 Å². The van der Waals surface area contributed by atoms with Crippen LogP contribution in [0.25, 0.3) is 44.6 Å². The van der Waals surface area contributed by atoms with E-state index in [2.05, 4.69) is 39.3 Å². The highest BCUT2D eigenvalue weighted by Crippen LogP contribution is 2.46. The van der Waals surface area contributed by atoms with E-state index in [9.17, 15) is 44.4 Å².